The Kier molecular flexibility index (Phi) is 4.32. The van der Waals surface area contributed by atoms with Crippen molar-refractivity contribution in [3.05, 3.63) is 35.5 Å². The van der Waals surface area contributed by atoms with Crippen molar-refractivity contribution in [3.8, 4) is 0 Å². The number of amides is 1. The van der Waals surface area contributed by atoms with Gasteiger partial charge in [0.05, 0.1) is 12.2 Å². The number of aliphatic hydroxyl groups is 1. The summed E-state index contributed by atoms with van der Waals surface area (Å²) in [6.07, 6.45) is 9.71. The van der Waals surface area contributed by atoms with Crippen molar-refractivity contribution in [1.29, 1.82) is 0 Å². The van der Waals surface area contributed by atoms with Gasteiger partial charge in [0, 0.05) is 30.2 Å². The Balaban J connectivity index is 1.56. The highest BCUT2D eigenvalue weighted by Crippen LogP contribution is 2.49. The Morgan fingerprint density at radius 1 is 1.28 bits per heavy atom. The first kappa shape index (κ1) is 16.6. The molecule has 1 aromatic heterocycles. The van der Waals surface area contributed by atoms with Crippen LogP contribution < -0.4 is 5.32 Å². The van der Waals surface area contributed by atoms with Gasteiger partial charge >= 0.3 is 0 Å². The molecule has 3 saturated carbocycles. The number of benzene rings is 1. The number of carbonyl (C=O) groups excluding carboxylic acids is 1. The van der Waals surface area contributed by atoms with Crippen molar-refractivity contribution in [2.75, 3.05) is 13.2 Å². The third kappa shape index (κ3) is 3.08. The molecule has 3 fully saturated rings. The molecule has 0 unspecified atom stereocenters. The quantitative estimate of drug-likeness (QED) is 0.873. The summed E-state index contributed by atoms with van der Waals surface area (Å²) in [7, 11) is 0. The van der Waals surface area contributed by atoms with Crippen molar-refractivity contribution < 1.29 is 9.90 Å². The zero-order valence-corrected chi connectivity index (χ0v) is 15.1. The Morgan fingerprint density at radius 2 is 2.00 bits per heavy atom. The van der Waals surface area contributed by atoms with Gasteiger partial charge in [-0.3, -0.25) is 4.79 Å². The van der Waals surface area contributed by atoms with Crippen LogP contribution in [0.1, 0.15) is 54.4 Å². The van der Waals surface area contributed by atoms with E-state index in [2.05, 4.69) is 17.4 Å². The Hall–Kier alpha value is -1.81. The Bertz CT molecular complexity index is 771. The van der Waals surface area contributed by atoms with E-state index in [4.69, 9.17) is 0 Å². The maximum atomic E-state index is 12.9. The molecule has 2 aromatic rings. The van der Waals surface area contributed by atoms with E-state index < -0.39 is 0 Å². The molecular weight excluding hydrogens is 312 g/mol. The molecule has 0 radical (unpaired) electrons. The van der Waals surface area contributed by atoms with Crippen LogP contribution in [0.15, 0.2) is 24.4 Å². The molecule has 134 valence electrons. The zero-order chi connectivity index (χ0) is 17.4. The predicted octanol–water partition coefficient (Wildman–Crippen LogP) is 3.64. The van der Waals surface area contributed by atoms with Crippen molar-refractivity contribution in [2.45, 2.75) is 52.0 Å². The first-order valence-electron chi connectivity index (χ1n) is 9.59. The molecule has 2 N–H and O–H groups in total. The minimum atomic E-state index is 0.0226. The van der Waals surface area contributed by atoms with Crippen LogP contribution in [0.3, 0.4) is 0 Å². The van der Waals surface area contributed by atoms with Crippen molar-refractivity contribution in [3.63, 3.8) is 0 Å². The maximum absolute atomic E-state index is 12.9. The van der Waals surface area contributed by atoms with Gasteiger partial charge < -0.3 is 15.0 Å². The molecule has 1 heterocycles. The van der Waals surface area contributed by atoms with E-state index >= 15 is 0 Å². The number of aliphatic hydroxyl groups excluding tert-OH is 1. The molecule has 3 aliphatic rings. The highest BCUT2D eigenvalue weighted by atomic mass is 16.3. The second kappa shape index (κ2) is 6.49. The van der Waals surface area contributed by atoms with Crippen LogP contribution in [-0.2, 0) is 6.54 Å². The summed E-state index contributed by atoms with van der Waals surface area (Å²) in [5.41, 5.74) is 3.23. The fourth-order valence-electron chi connectivity index (χ4n) is 4.85. The summed E-state index contributed by atoms with van der Waals surface area (Å²) in [6.45, 7) is 3.43. The summed E-state index contributed by atoms with van der Waals surface area (Å²) in [5, 5.41) is 13.5. The van der Waals surface area contributed by atoms with E-state index in [0.29, 0.717) is 12.0 Å². The number of rotatable bonds is 5. The average molecular weight is 340 g/mol. The van der Waals surface area contributed by atoms with E-state index in [9.17, 15) is 9.90 Å². The third-order valence-corrected chi connectivity index (χ3v) is 6.49. The van der Waals surface area contributed by atoms with E-state index in [1.165, 1.54) is 38.5 Å². The molecule has 0 saturated heterocycles. The molecule has 2 bridgehead atoms. The first-order valence-corrected chi connectivity index (χ1v) is 9.59. The smallest absolute Gasteiger partial charge is 0.253 e. The van der Waals surface area contributed by atoms with Crippen molar-refractivity contribution in [2.24, 2.45) is 11.3 Å². The van der Waals surface area contributed by atoms with Crippen LogP contribution in [-0.4, -0.2) is 28.7 Å². The molecular formula is C21H28N2O2. The summed E-state index contributed by atoms with van der Waals surface area (Å²) >= 11 is 0. The third-order valence-electron chi connectivity index (χ3n) is 6.49. The molecule has 0 aliphatic heterocycles. The average Bonchev–Trinajstić information content (AvgIpc) is 2.99. The van der Waals surface area contributed by atoms with E-state index in [-0.39, 0.29) is 12.5 Å². The van der Waals surface area contributed by atoms with Gasteiger partial charge in [-0.05, 0) is 68.9 Å². The summed E-state index contributed by atoms with van der Waals surface area (Å²) in [5.74, 6) is 0.964. The van der Waals surface area contributed by atoms with Gasteiger partial charge in [0.15, 0.2) is 0 Å². The van der Waals surface area contributed by atoms with Crippen LogP contribution in [0.4, 0.5) is 0 Å². The molecule has 25 heavy (non-hydrogen) atoms. The SMILES string of the molecule is Cc1ccc2c(c1)c(C(=O)NCC13CCC(CC1)CC3)cn2CCO. The Labute approximate surface area is 149 Å². The van der Waals surface area contributed by atoms with Gasteiger partial charge in [0.1, 0.15) is 0 Å². The lowest BCUT2D eigenvalue weighted by molar-refractivity contribution is 0.0598. The van der Waals surface area contributed by atoms with E-state index in [1.54, 1.807) is 0 Å². The van der Waals surface area contributed by atoms with Gasteiger partial charge in [-0.15, -0.1) is 0 Å². The standard InChI is InChI=1S/C21H28N2O2/c1-15-2-3-19-17(12-15)18(13-23(19)10-11-24)20(25)22-14-21-7-4-16(5-8-21)6-9-21/h2-3,12-13,16,24H,4-11,14H2,1H3,(H,22,25). The second-order valence-electron chi connectivity index (χ2n) is 8.15. The largest absolute Gasteiger partial charge is 0.395 e. The van der Waals surface area contributed by atoms with Crippen molar-refractivity contribution in [1.82, 2.24) is 9.88 Å². The molecule has 0 atom stereocenters. The lowest BCUT2D eigenvalue weighted by Gasteiger charge is -2.46. The summed E-state index contributed by atoms with van der Waals surface area (Å²) in [4.78, 5) is 12.9. The normalized spacial score (nSPS) is 25.4. The molecule has 1 aromatic carbocycles. The number of carbonyl (C=O) groups is 1. The van der Waals surface area contributed by atoms with Crippen molar-refractivity contribution >= 4 is 16.8 Å². The number of nitrogens with zero attached hydrogens (tertiary/aromatic N) is 1. The minimum absolute atomic E-state index is 0.0226. The molecule has 3 aliphatic carbocycles. The van der Waals surface area contributed by atoms with E-state index in [0.717, 1.165) is 34.5 Å². The second-order valence-corrected chi connectivity index (χ2v) is 8.15. The lowest BCUT2D eigenvalue weighted by atomic mass is 9.61. The summed E-state index contributed by atoms with van der Waals surface area (Å²) in [6, 6.07) is 6.16. The van der Waals surface area contributed by atoms with Crippen LogP contribution >= 0.6 is 0 Å². The number of aromatic nitrogens is 1. The maximum Gasteiger partial charge on any atom is 0.253 e. The summed E-state index contributed by atoms with van der Waals surface area (Å²) < 4.78 is 1.98. The zero-order valence-electron chi connectivity index (χ0n) is 15.1. The highest BCUT2D eigenvalue weighted by Gasteiger charge is 2.40. The van der Waals surface area contributed by atoms with Crippen LogP contribution in [0.25, 0.3) is 10.9 Å². The number of hydrogen-bond acceptors (Lipinski definition) is 2. The lowest BCUT2D eigenvalue weighted by Crippen LogP contribution is -2.43. The van der Waals surface area contributed by atoms with Gasteiger partial charge in [0.2, 0.25) is 0 Å². The number of fused-ring (bicyclic) bond motifs is 4. The topological polar surface area (TPSA) is 54.3 Å². The minimum Gasteiger partial charge on any atom is -0.395 e. The fraction of sp³-hybridized carbons (Fsp3) is 0.571. The molecule has 1 amide bonds. The van der Waals surface area contributed by atoms with Gasteiger partial charge in [-0.1, -0.05) is 11.6 Å². The van der Waals surface area contributed by atoms with Gasteiger partial charge in [0.25, 0.3) is 5.91 Å². The molecule has 4 nitrogen and oxygen atoms in total. The molecule has 4 heteroatoms. The van der Waals surface area contributed by atoms with E-state index in [1.807, 2.05) is 23.8 Å². The van der Waals surface area contributed by atoms with Crippen LogP contribution in [0.5, 0.6) is 0 Å². The first-order chi connectivity index (χ1) is 12.1. The van der Waals surface area contributed by atoms with Crippen LogP contribution in [0, 0.1) is 18.3 Å². The fourth-order valence-corrected chi connectivity index (χ4v) is 4.85. The van der Waals surface area contributed by atoms with Gasteiger partial charge in [-0.25, -0.2) is 0 Å². The van der Waals surface area contributed by atoms with Gasteiger partial charge in [-0.2, -0.15) is 0 Å². The predicted molar refractivity (Wildman–Crippen MR) is 99.7 cm³/mol. The highest BCUT2D eigenvalue weighted by molar-refractivity contribution is 6.07. The monoisotopic (exact) mass is 340 g/mol. The molecule has 0 spiro atoms. The number of aryl methyl sites for hydroxylation is 1. The van der Waals surface area contributed by atoms with Crippen LogP contribution in [0.2, 0.25) is 0 Å². The number of nitrogens with one attached hydrogen (secondary N) is 1. The number of hydrogen-bond donors (Lipinski definition) is 2. The Morgan fingerprint density at radius 3 is 2.68 bits per heavy atom. The molecule has 5 rings (SSSR count).